The number of amides is 1. The maximum atomic E-state index is 11.7. The standard InChI is InChI=1S/C11H12Cl2N2O3/c12-8-5-7(6-9(13)15-8)11(18)14-4-2-1-3-10(16)17/h5-6H,1-4H2,(H,14,18)(H,16,17). The lowest BCUT2D eigenvalue weighted by molar-refractivity contribution is -0.137. The maximum absolute atomic E-state index is 11.7. The van der Waals surface area contributed by atoms with E-state index in [4.69, 9.17) is 28.3 Å². The molecule has 0 fully saturated rings. The first kappa shape index (κ1) is 14.7. The molecular weight excluding hydrogens is 279 g/mol. The maximum Gasteiger partial charge on any atom is 0.303 e. The predicted octanol–water partition coefficient (Wildman–Crippen LogP) is 2.37. The molecule has 0 saturated heterocycles. The van der Waals surface area contributed by atoms with E-state index in [9.17, 15) is 9.59 Å². The van der Waals surface area contributed by atoms with Crippen LogP contribution in [0, 0.1) is 0 Å². The number of pyridine rings is 1. The number of nitrogens with zero attached hydrogens (tertiary/aromatic N) is 1. The third kappa shape index (κ3) is 5.33. The van der Waals surface area contributed by atoms with Gasteiger partial charge in [-0.25, -0.2) is 4.98 Å². The van der Waals surface area contributed by atoms with E-state index in [1.807, 2.05) is 0 Å². The molecule has 0 atom stereocenters. The Morgan fingerprint density at radius 3 is 2.39 bits per heavy atom. The zero-order chi connectivity index (χ0) is 13.5. The number of hydrogen-bond acceptors (Lipinski definition) is 3. The van der Waals surface area contributed by atoms with Gasteiger partial charge in [0.15, 0.2) is 0 Å². The lowest BCUT2D eigenvalue weighted by atomic mass is 10.2. The molecule has 1 rings (SSSR count). The fourth-order valence-electron chi connectivity index (χ4n) is 1.30. The van der Waals surface area contributed by atoms with Gasteiger partial charge in [-0.2, -0.15) is 0 Å². The molecule has 7 heteroatoms. The molecule has 0 radical (unpaired) electrons. The van der Waals surface area contributed by atoms with Crippen molar-refractivity contribution in [2.24, 2.45) is 0 Å². The number of carboxylic acid groups (broad SMARTS) is 1. The van der Waals surface area contributed by atoms with Crippen LogP contribution in [0.3, 0.4) is 0 Å². The van der Waals surface area contributed by atoms with Gasteiger partial charge in [-0.05, 0) is 25.0 Å². The Kier molecular flexibility index (Phi) is 5.88. The average molecular weight is 291 g/mol. The Morgan fingerprint density at radius 1 is 1.22 bits per heavy atom. The number of rotatable bonds is 6. The number of carbonyl (C=O) groups is 2. The molecule has 0 aliphatic carbocycles. The van der Waals surface area contributed by atoms with Gasteiger partial charge in [0, 0.05) is 18.5 Å². The van der Waals surface area contributed by atoms with Crippen molar-refractivity contribution in [2.45, 2.75) is 19.3 Å². The normalized spacial score (nSPS) is 10.1. The van der Waals surface area contributed by atoms with Gasteiger partial charge in [-0.1, -0.05) is 23.2 Å². The predicted molar refractivity (Wildman–Crippen MR) is 68.1 cm³/mol. The first-order valence-electron chi connectivity index (χ1n) is 5.32. The van der Waals surface area contributed by atoms with E-state index in [1.165, 1.54) is 12.1 Å². The van der Waals surface area contributed by atoms with Gasteiger partial charge in [0.1, 0.15) is 10.3 Å². The number of hydrogen-bond donors (Lipinski definition) is 2. The lowest BCUT2D eigenvalue weighted by Crippen LogP contribution is -2.24. The Hall–Kier alpha value is -1.33. The quantitative estimate of drug-likeness (QED) is 0.623. The molecule has 0 spiro atoms. The summed E-state index contributed by atoms with van der Waals surface area (Å²) in [6.45, 7) is 0.406. The van der Waals surface area contributed by atoms with Crippen LogP contribution in [0.5, 0.6) is 0 Å². The van der Waals surface area contributed by atoms with Crippen LogP contribution in [-0.2, 0) is 4.79 Å². The minimum absolute atomic E-state index is 0.1000. The van der Waals surface area contributed by atoms with E-state index in [0.717, 1.165) is 0 Å². The Balaban J connectivity index is 2.38. The molecule has 1 aromatic rings. The number of carbonyl (C=O) groups excluding carboxylic acids is 1. The first-order chi connectivity index (χ1) is 8.49. The van der Waals surface area contributed by atoms with Crippen LogP contribution in [0.15, 0.2) is 12.1 Å². The van der Waals surface area contributed by atoms with Crippen molar-refractivity contribution in [3.05, 3.63) is 28.0 Å². The van der Waals surface area contributed by atoms with E-state index >= 15 is 0 Å². The minimum atomic E-state index is -0.839. The van der Waals surface area contributed by atoms with Crippen molar-refractivity contribution in [1.29, 1.82) is 0 Å². The van der Waals surface area contributed by atoms with E-state index in [-0.39, 0.29) is 22.6 Å². The Bertz CT molecular complexity index is 432. The molecule has 5 nitrogen and oxygen atoms in total. The Morgan fingerprint density at radius 2 is 1.83 bits per heavy atom. The Labute approximate surface area is 114 Å². The highest BCUT2D eigenvalue weighted by atomic mass is 35.5. The highest BCUT2D eigenvalue weighted by Crippen LogP contribution is 2.14. The molecule has 0 saturated carbocycles. The molecule has 1 aromatic heterocycles. The summed E-state index contributed by atoms with van der Waals surface area (Å²) in [7, 11) is 0. The zero-order valence-corrected chi connectivity index (χ0v) is 11.0. The van der Waals surface area contributed by atoms with Crippen LogP contribution in [0.2, 0.25) is 10.3 Å². The van der Waals surface area contributed by atoms with Gasteiger partial charge < -0.3 is 10.4 Å². The summed E-state index contributed by atoms with van der Waals surface area (Å²) >= 11 is 11.3. The van der Waals surface area contributed by atoms with Crippen LogP contribution in [0.1, 0.15) is 29.6 Å². The second-order valence-electron chi connectivity index (χ2n) is 3.61. The summed E-state index contributed by atoms with van der Waals surface area (Å²) in [5, 5.41) is 11.4. The average Bonchev–Trinajstić information content (AvgIpc) is 2.26. The fourth-order valence-corrected chi connectivity index (χ4v) is 1.76. The van der Waals surface area contributed by atoms with E-state index in [0.29, 0.717) is 24.9 Å². The van der Waals surface area contributed by atoms with Crippen LogP contribution in [0.4, 0.5) is 0 Å². The SMILES string of the molecule is O=C(O)CCCCNC(=O)c1cc(Cl)nc(Cl)c1. The summed E-state index contributed by atoms with van der Waals surface area (Å²) in [4.78, 5) is 25.7. The van der Waals surface area contributed by atoms with Gasteiger partial charge in [-0.3, -0.25) is 9.59 Å². The lowest BCUT2D eigenvalue weighted by Gasteiger charge is -2.05. The molecule has 1 amide bonds. The summed E-state index contributed by atoms with van der Waals surface area (Å²) in [6.07, 6.45) is 1.22. The molecule has 98 valence electrons. The van der Waals surface area contributed by atoms with Crippen molar-refractivity contribution < 1.29 is 14.7 Å². The zero-order valence-electron chi connectivity index (χ0n) is 9.45. The molecule has 2 N–H and O–H groups in total. The highest BCUT2D eigenvalue weighted by Gasteiger charge is 2.08. The van der Waals surface area contributed by atoms with Crippen molar-refractivity contribution in [3.8, 4) is 0 Å². The topological polar surface area (TPSA) is 79.3 Å². The molecule has 0 bridgehead atoms. The number of aliphatic carboxylic acids is 1. The molecule has 1 heterocycles. The van der Waals surface area contributed by atoms with Gasteiger partial charge >= 0.3 is 5.97 Å². The second-order valence-corrected chi connectivity index (χ2v) is 4.38. The second kappa shape index (κ2) is 7.18. The third-order valence-electron chi connectivity index (χ3n) is 2.13. The fraction of sp³-hybridized carbons (Fsp3) is 0.364. The van der Waals surface area contributed by atoms with Crippen LogP contribution in [-0.4, -0.2) is 28.5 Å². The van der Waals surface area contributed by atoms with Crippen molar-refractivity contribution in [1.82, 2.24) is 10.3 Å². The van der Waals surface area contributed by atoms with Crippen LogP contribution >= 0.6 is 23.2 Å². The number of nitrogens with one attached hydrogen (secondary N) is 1. The molecular formula is C11H12Cl2N2O3. The molecule has 18 heavy (non-hydrogen) atoms. The van der Waals surface area contributed by atoms with E-state index in [1.54, 1.807) is 0 Å². The number of halogens is 2. The van der Waals surface area contributed by atoms with Gasteiger partial charge in [0.25, 0.3) is 5.91 Å². The van der Waals surface area contributed by atoms with Gasteiger partial charge in [0.2, 0.25) is 0 Å². The smallest absolute Gasteiger partial charge is 0.303 e. The minimum Gasteiger partial charge on any atom is -0.481 e. The van der Waals surface area contributed by atoms with Crippen LogP contribution in [0.25, 0.3) is 0 Å². The number of aromatic nitrogens is 1. The molecule has 0 aliphatic rings. The molecule has 0 aromatic carbocycles. The summed E-state index contributed by atoms with van der Waals surface area (Å²) < 4.78 is 0. The summed E-state index contributed by atoms with van der Waals surface area (Å²) in [6, 6.07) is 2.83. The number of unbranched alkanes of at least 4 members (excludes halogenated alkanes) is 1. The third-order valence-corrected chi connectivity index (χ3v) is 2.52. The van der Waals surface area contributed by atoms with Crippen molar-refractivity contribution in [3.63, 3.8) is 0 Å². The van der Waals surface area contributed by atoms with E-state index in [2.05, 4.69) is 10.3 Å². The van der Waals surface area contributed by atoms with Gasteiger partial charge in [-0.15, -0.1) is 0 Å². The highest BCUT2D eigenvalue weighted by molar-refractivity contribution is 6.33. The van der Waals surface area contributed by atoms with Crippen molar-refractivity contribution in [2.75, 3.05) is 6.54 Å². The monoisotopic (exact) mass is 290 g/mol. The van der Waals surface area contributed by atoms with Crippen molar-refractivity contribution >= 4 is 35.1 Å². The van der Waals surface area contributed by atoms with Crippen LogP contribution < -0.4 is 5.32 Å². The largest absolute Gasteiger partial charge is 0.481 e. The van der Waals surface area contributed by atoms with E-state index < -0.39 is 5.97 Å². The number of carboxylic acids is 1. The molecule has 0 aliphatic heterocycles. The molecule has 0 unspecified atom stereocenters. The summed E-state index contributed by atoms with van der Waals surface area (Å²) in [5.74, 6) is -1.15. The van der Waals surface area contributed by atoms with Gasteiger partial charge in [0.05, 0.1) is 0 Å². The first-order valence-corrected chi connectivity index (χ1v) is 6.07. The summed E-state index contributed by atoms with van der Waals surface area (Å²) in [5.41, 5.74) is 0.332.